The fourth-order valence-corrected chi connectivity index (χ4v) is 2.02. The first kappa shape index (κ1) is 10.5. The first-order chi connectivity index (χ1) is 8.77. The van der Waals surface area contributed by atoms with E-state index >= 15 is 0 Å². The summed E-state index contributed by atoms with van der Waals surface area (Å²) in [5, 5.41) is 12.1. The van der Waals surface area contributed by atoms with Crippen LogP contribution in [0.25, 0.3) is 16.6 Å². The van der Waals surface area contributed by atoms with Crippen molar-refractivity contribution < 1.29 is 4.92 Å². The van der Waals surface area contributed by atoms with Gasteiger partial charge < -0.3 is 4.57 Å². The van der Waals surface area contributed by atoms with E-state index in [1.165, 1.54) is 6.20 Å². The van der Waals surface area contributed by atoms with Crippen molar-refractivity contribution in [2.75, 3.05) is 0 Å². The van der Waals surface area contributed by atoms with Crippen LogP contribution >= 0.6 is 0 Å². The summed E-state index contributed by atoms with van der Waals surface area (Å²) in [6.07, 6.45) is 4.65. The number of para-hydroxylation sites is 1. The van der Waals surface area contributed by atoms with E-state index in [9.17, 15) is 10.1 Å². The van der Waals surface area contributed by atoms with Crippen molar-refractivity contribution in [2.45, 2.75) is 0 Å². The van der Waals surface area contributed by atoms with Crippen LogP contribution in [0.2, 0.25) is 0 Å². The number of fused-ring (bicyclic) bond motifs is 1. The van der Waals surface area contributed by atoms with Crippen molar-refractivity contribution in [3.05, 3.63) is 65.1 Å². The molecule has 0 amide bonds. The average molecular weight is 239 g/mol. The molecular weight excluding hydrogens is 230 g/mol. The van der Waals surface area contributed by atoms with E-state index in [1.807, 2.05) is 36.5 Å². The molecule has 0 aliphatic rings. The van der Waals surface area contributed by atoms with Crippen LogP contribution in [-0.4, -0.2) is 14.5 Å². The standard InChI is InChI=1S/C13H9N3O2/c17-16(18)13-9-14-7-5-12(13)15-8-6-10-3-1-2-4-11(10)15/h1-9H. The number of rotatable bonds is 2. The topological polar surface area (TPSA) is 61.0 Å². The van der Waals surface area contributed by atoms with Crippen LogP contribution in [0, 0.1) is 10.1 Å². The van der Waals surface area contributed by atoms with Crippen LogP contribution in [0.5, 0.6) is 0 Å². The van der Waals surface area contributed by atoms with E-state index in [4.69, 9.17) is 0 Å². The van der Waals surface area contributed by atoms with Gasteiger partial charge in [0.15, 0.2) is 0 Å². The molecule has 0 N–H and O–H groups in total. The molecule has 3 rings (SSSR count). The summed E-state index contributed by atoms with van der Waals surface area (Å²) in [4.78, 5) is 14.4. The van der Waals surface area contributed by atoms with Gasteiger partial charge >= 0.3 is 5.69 Å². The van der Waals surface area contributed by atoms with Crippen LogP contribution in [0.15, 0.2) is 55.0 Å². The van der Waals surface area contributed by atoms with E-state index in [0.717, 1.165) is 10.9 Å². The molecule has 0 saturated carbocycles. The number of hydrogen-bond acceptors (Lipinski definition) is 3. The third kappa shape index (κ3) is 1.53. The number of benzene rings is 1. The van der Waals surface area contributed by atoms with Gasteiger partial charge in [0, 0.05) is 12.4 Å². The Morgan fingerprint density at radius 1 is 1.17 bits per heavy atom. The lowest BCUT2D eigenvalue weighted by Gasteiger charge is -2.05. The molecule has 5 nitrogen and oxygen atoms in total. The van der Waals surface area contributed by atoms with Crippen LogP contribution in [0.4, 0.5) is 5.69 Å². The fourth-order valence-electron chi connectivity index (χ4n) is 2.02. The van der Waals surface area contributed by atoms with Crippen molar-refractivity contribution in [2.24, 2.45) is 0 Å². The van der Waals surface area contributed by atoms with Gasteiger partial charge in [-0.15, -0.1) is 0 Å². The normalized spacial score (nSPS) is 10.7. The largest absolute Gasteiger partial charge is 0.311 e. The zero-order valence-corrected chi connectivity index (χ0v) is 9.35. The molecule has 2 heterocycles. The zero-order chi connectivity index (χ0) is 12.5. The van der Waals surface area contributed by atoms with Gasteiger partial charge in [-0.05, 0) is 23.6 Å². The van der Waals surface area contributed by atoms with Crippen LogP contribution in [-0.2, 0) is 0 Å². The maximum Gasteiger partial charge on any atom is 0.311 e. The van der Waals surface area contributed by atoms with Gasteiger partial charge in [-0.3, -0.25) is 15.1 Å². The number of aromatic nitrogens is 2. The highest BCUT2D eigenvalue weighted by atomic mass is 16.6. The van der Waals surface area contributed by atoms with Gasteiger partial charge in [-0.1, -0.05) is 18.2 Å². The minimum Gasteiger partial charge on any atom is -0.311 e. The van der Waals surface area contributed by atoms with Gasteiger partial charge in [0.1, 0.15) is 11.9 Å². The molecule has 3 aromatic rings. The molecule has 2 aromatic heterocycles. The second-order valence-electron chi connectivity index (χ2n) is 3.87. The third-order valence-corrected chi connectivity index (χ3v) is 2.83. The lowest BCUT2D eigenvalue weighted by molar-refractivity contribution is -0.384. The van der Waals surface area contributed by atoms with Gasteiger partial charge in [-0.2, -0.15) is 0 Å². The Kier molecular flexibility index (Phi) is 2.30. The smallest absolute Gasteiger partial charge is 0.311 e. The maximum absolute atomic E-state index is 11.0. The molecule has 88 valence electrons. The SMILES string of the molecule is O=[N+]([O-])c1cnccc1-n1ccc2ccccc21. The van der Waals surface area contributed by atoms with E-state index in [1.54, 1.807) is 16.8 Å². The monoisotopic (exact) mass is 239 g/mol. The molecule has 0 spiro atoms. The molecule has 0 radical (unpaired) electrons. The molecular formula is C13H9N3O2. The molecule has 0 aliphatic carbocycles. The molecule has 0 unspecified atom stereocenters. The Bertz CT molecular complexity index is 734. The summed E-state index contributed by atoms with van der Waals surface area (Å²) < 4.78 is 1.80. The molecule has 0 saturated heterocycles. The van der Waals surface area contributed by atoms with Gasteiger partial charge in [0.05, 0.1) is 10.4 Å². The third-order valence-electron chi connectivity index (χ3n) is 2.83. The van der Waals surface area contributed by atoms with Crippen molar-refractivity contribution in [3.63, 3.8) is 0 Å². The number of hydrogen-bond donors (Lipinski definition) is 0. The predicted molar refractivity (Wildman–Crippen MR) is 67.7 cm³/mol. The average Bonchev–Trinajstić information content (AvgIpc) is 2.82. The Balaban J connectivity index is 2.30. The van der Waals surface area contributed by atoms with Crippen molar-refractivity contribution >= 4 is 16.6 Å². The highest BCUT2D eigenvalue weighted by molar-refractivity contribution is 5.82. The van der Waals surface area contributed by atoms with Gasteiger partial charge in [0.25, 0.3) is 0 Å². The van der Waals surface area contributed by atoms with Crippen molar-refractivity contribution in [1.82, 2.24) is 9.55 Å². The summed E-state index contributed by atoms with van der Waals surface area (Å²) in [6, 6.07) is 11.3. The molecule has 0 aliphatic heterocycles. The highest BCUT2D eigenvalue weighted by Crippen LogP contribution is 2.26. The van der Waals surface area contributed by atoms with E-state index < -0.39 is 4.92 Å². The first-order valence-corrected chi connectivity index (χ1v) is 5.42. The predicted octanol–water partition coefficient (Wildman–Crippen LogP) is 2.93. The summed E-state index contributed by atoms with van der Waals surface area (Å²) in [6.45, 7) is 0. The Morgan fingerprint density at radius 3 is 2.83 bits per heavy atom. The minimum atomic E-state index is -0.420. The Labute approximate surface area is 102 Å². The number of nitro groups is 1. The van der Waals surface area contributed by atoms with Crippen molar-refractivity contribution in [3.8, 4) is 5.69 Å². The molecule has 0 fully saturated rings. The van der Waals surface area contributed by atoms with E-state index in [-0.39, 0.29) is 5.69 Å². The zero-order valence-electron chi connectivity index (χ0n) is 9.35. The van der Waals surface area contributed by atoms with Crippen LogP contribution in [0.1, 0.15) is 0 Å². The van der Waals surface area contributed by atoms with E-state index in [2.05, 4.69) is 4.98 Å². The molecule has 18 heavy (non-hydrogen) atoms. The van der Waals surface area contributed by atoms with Gasteiger partial charge in [-0.25, -0.2) is 0 Å². The molecule has 0 atom stereocenters. The first-order valence-electron chi connectivity index (χ1n) is 5.42. The summed E-state index contributed by atoms with van der Waals surface area (Å²) >= 11 is 0. The number of pyridine rings is 1. The quantitative estimate of drug-likeness (QED) is 0.510. The Hall–Kier alpha value is -2.69. The molecule has 5 heteroatoms. The lowest BCUT2D eigenvalue weighted by Crippen LogP contribution is -1.99. The second-order valence-corrected chi connectivity index (χ2v) is 3.87. The summed E-state index contributed by atoms with van der Waals surface area (Å²) in [5.74, 6) is 0. The number of nitrogens with zero attached hydrogens (tertiary/aromatic N) is 3. The lowest BCUT2D eigenvalue weighted by atomic mass is 10.2. The van der Waals surface area contributed by atoms with Crippen LogP contribution in [0.3, 0.4) is 0 Å². The van der Waals surface area contributed by atoms with Crippen molar-refractivity contribution in [1.29, 1.82) is 0 Å². The molecule has 0 bridgehead atoms. The highest BCUT2D eigenvalue weighted by Gasteiger charge is 2.15. The summed E-state index contributed by atoms with van der Waals surface area (Å²) in [7, 11) is 0. The van der Waals surface area contributed by atoms with Gasteiger partial charge in [0.2, 0.25) is 0 Å². The molecule has 1 aromatic carbocycles. The fraction of sp³-hybridized carbons (Fsp3) is 0. The summed E-state index contributed by atoms with van der Waals surface area (Å²) in [5.41, 5.74) is 1.46. The maximum atomic E-state index is 11.0. The second kappa shape index (κ2) is 3.96. The minimum absolute atomic E-state index is 0.00106. The Morgan fingerprint density at radius 2 is 2.00 bits per heavy atom. The van der Waals surface area contributed by atoms with Crippen LogP contribution < -0.4 is 0 Å². The van der Waals surface area contributed by atoms with E-state index in [0.29, 0.717) is 5.69 Å².